The van der Waals surface area contributed by atoms with Crippen molar-refractivity contribution in [3.63, 3.8) is 0 Å². The van der Waals surface area contributed by atoms with Gasteiger partial charge in [-0.15, -0.1) is 13.2 Å². The van der Waals surface area contributed by atoms with Crippen LogP contribution in [0, 0.1) is 0 Å². The molecule has 20 heavy (non-hydrogen) atoms. The molecule has 0 aromatic heterocycles. The van der Waals surface area contributed by atoms with Gasteiger partial charge in [0.2, 0.25) is 0 Å². The molecule has 0 atom stereocenters. The van der Waals surface area contributed by atoms with Crippen LogP contribution in [-0.4, -0.2) is 23.6 Å². The number of benzene rings is 1. The molecule has 0 spiro atoms. The van der Waals surface area contributed by atoms with Crippen molar-refractivity contribution in [1.29, 1.82) is 0 Å². The Kier molecular flexibility index (Phi) is 4.49. The van der Waals surface area contributed by atoms with Crippen LogP contribution in [0.5, 0.6) is 5.75 Å². The molecule has 1 aliphatic rings. The third-order valence-electron chi connectivity index (χ3n) is 3.31. The molecular weight excluding hydrogens is 339 g/mol. The molecule has 1 aromatic rings. The Morgan fingerprint density at radius 2 is 1.95 bits per heavy atom. The summed E-state index contributed by atoms with van der Waals surface area (Å²) >= 11 is 3.11. The Morgan fingerprint density at radius 3 is 2.55 bits per heavy atom. The fourth-order valence-corrected chi connectivity index (χ4v) is 2.66. The van der Waals surface area contributed by atoms with E-state index in [1.165, 1.54) is 12.1 Å². The summed E-state index contributed by atoms with van der Waals surface area (Å²) < 4.78 is 41.5. The zero-order valence-electron chi connectivity index (χ0n) is 10.6. The normalized spacial score (nSPS) is 18.1. The maximum atomic E-state index is 12.4. The van der Waals surface area contributed by atoms with Crippen LogP contribution in [0.15, 0.2) is 22.7 Å². The topological polar surface area (TPSA) is 41.5 Å². The maximum absolute atomic E-state index is 12.4. The third-order valence-corrected chi connectivity index (χ3v) is 3.80. The average molecular weight is 354 g/mol. The molecule has 0 amide bonds. The van der Waals surface area contributed by atoms with Crippen LogP contribution < -0.4 is 10.1 Å². The van der Waals surface area contributed by atoms with Gasteiger partial charge in [0.25, 0.3) is 0 Å². The van der Waals surface area contributed by atoms with Crippen LogP contribution in [0.1, 0.15) is 25.7 Å². The number of halogens is 4. The highest BCUT2D eigenvalue weighted by molar-refractivity contribution is 9.10. The first-order chi connectivity index (χ1) is 9.27. The van der Waals surface area contributed by atoms with Crippen molar-refractivity contribution in [2.24, 2.45) is 0 Å². The molecule has 0 aliphatic heterocycles. The summed E-state index contributed by atoms with van der Waals surface area (Å²) in [5.41, 5.74) is -0.631. The first kappa shape index (κ1) is 15.4. The summed E-state index contributed by atoms with van der Waals surface area (Å²) in [5, 5.41) is 13.0. The van der Waals surface area contributed by atoms with Crippen molar-refractivity contribution in [3.05, 3.63) is 22.7 Å². The molecule has 0 bridgehead atoms. The zero-order chi connectivity index (χ0) is 14.8. The van der Waals surface area contributed by atoms with E-state index in [-0.39, 0.29) is 18.0 Å². The minimum absolute atomic E-state index is 0.211. The number of hydrogen-bond donors (Lipinski definition) is 2. The quantitative estimate of drug-likeness (QED) is 0.857. The van der Waals surface area contributed by atoms with E-state index in [4.69, 9.17) is 0 Å². The monoisotopic (exact) mass is 353 g/mol. The molecule has 0 unspecified atom stereocenters. The Bertz CT molecular complexity index is 473. The van der Waals surface area contributed by atoms with Crippen LogP contribution in [0.2, 0.25) is 0 Å². The van der Waals surface area contributed by atoms with Gasteiger partial charge in [-0.3, -0.25) is 0 Å². The van der Waals surface area contributed by atoms with E-state index in [1.807, 2.05) is 0 Å². The van der Waals surface area contributed by atoms with E-state index in [0.717, 1.165) is 12.8 Å². The minimum atomic E-state index is -4.75. The van der Waals surface area contributed by atoms with Crippen molar-refractivity contribution in [3.8, 4) is 5.75 Å². The summed E-state index contributed by atoms with van der Waals surface area (Å²) in [7, 11) is 0. The summed E-state index contributed by atoms with van der Waals surface area (Å²) in [6.07, 6.45) is -1.56. The lowest BCUT2D eigenvalue weighted by molar-refractivity contribution is -0.274. The molecule has 0 heterocycles. The van der Waals surface area contributed by atoms with Crippen molar-refractivity contribution >= 4 is 21.6 Å². The number of hydrogen-bond acceptors (Lipinski definition) is 3. The van der Waals surface area contributed by atoms with Gasteiger partial charge < -0.3 is 15.2 Å². The van der Waals surface area contributed by atoms with E-state index in [0.29, 0.717) is 17.3 Å². The second-order valence-corrected chi connectivity index (χ2v) is 5.89. The zero-order valence-corrected chi connectivity index (χ0v) is 12.2. The first-order valence-corrected chi connectivity index (χ1v) is 7.08. The van der Waals surface area contributed by atoms with Crippen LogP contribution in [0.25, 0.3) is 0 Å². The molecule has 2 rings (SSSR count). The molecule has 2 N–H and O–H groups in total. The Morgan fingerprint density at radius 1 is 1.30 bits per heavy atom. The van der Waals surface area contributed by atoms with Crippen LogP contribution in [-0.2, 0) is 0 Å². The van der Waals surface area contributed by atoms with E-state index in [1.54, 1.807) is 6.07 Å². The lowest BCUT2D eigenvalue weighted by Gasteiger charge is -2.24. The van der Waals surface area contributed by atoms with E-state index < -0.39 is 12.0 Å². The summed E-state index contributed by atoms with van der Waals surface area (Å²) in [6, 6.07) is 4.35. The number of rotatable bonds is 4. The molecule has 3 nitrogen and oxygen atoms in total. The van der Waals surface area contributed by atoms with Crippen molar-refractivity contribution in [2.45, 2.75) is 37.6 Å². The molecule has 1 saturated carbocycles. The van der Waals surface area contributed by atoms with Gasteiger partial charge in [-0.25, -0.2) is 0 Å². The molecular formula is C13H15BrF3NO2. The second kappa shape index (κ2) is 5.81. The first-order valence-electron chi connectivity index (χ1n) is 6.29. The number of nitrogens with one attached hydrogen (secondary N) is 1. The highest BCUT2D eigenvalue weighted by atomic mass is 79.9. The fraction of sp³-hybridized carbons (Fsp3) is 0.538. The van der Waals surface area contributed by atoms with Gasteiger partial charge >= 0.3 is 6.36 Å². The van der Waals surface area contributed by atoms with Gasteiger partial charge in [-0.05, 0) is 31.0 Å². The SMILES string of the molecule is OC1(CNc2ccc(Br)cc2OC(F)(F)F)CCCC1. The van der Waals surface area contributed by atoms with E-state index in [9.17, 15) is 18.3 Å². The minimum Gasteiger partial charge on any atom is -0.404 e. The van der Waals surface area contributed by atoms with Gasteiger partial charge in [-0.1, -0.05) is 28.8 Å². The Balaban J connectivity index is 2.10. The highest BCUT2D eigenvalue weighted by Crippen LogP contribution is 2.35. The van der Waals surface area contributed by atoms with E-state index >= 15 is 0 Å². The number of alkyl halides is 3. The van der Waals surface area contributed by atoms with E-state index in [2.05, 4.69) is 26.0 Å². The largest absolute Gasteiger partial charge is 0.573 e. The lowest BCUT2D eigenvalue weighted by atomic mass is 10.0. The van der Waals surface area contributed by atoms with Crippen molar-refractivity contribution < 1.29 is 23.0 Å². The lowest BCUT2D eigenvalue weighted by Crippen LogP contribution is -2.33. The predicted octanol–water partition coefficient (Wildman–Crippen LogP) is 4.06. The number of aliphatic hydroxyl groups is 1. The fourth-order valence-electron chi connectivity index (χ4n) is 2.32. The maximum Gasteiger partial charge on any atom is 0.573 e. The average Bonchev–Trinajstić information content (AvgIpc) is 2.73. The summed E-state index contributed by atoms with van der Waals surface area (Å²) in [5.74, 6) is -0.312. The Hall–Kier alpha value is -0.950. The van der Waals surface area contributed by atoms with Crippen molar-refractivity contribution in [1.82, 2.24) is 0 Å². The van der Waals surface area contributed by atoms with Gasteiger partial charge in [0.1, 0.15) is 0 Å². The molecule has 0 radical (unpaired) electrons. The van der Waals surface area contributed by atoms with Crippen LogP contribution in [0.3, 0.4) is 0 Å². The summed E-state index contributed by atoms with van der Waals surface area (Å²) in [6.45, 7) is 0.211. The van der Waals surface area contributed by atoms with Gasteiger partial charge in [0.05, 0.1) is 11.3 Å². The molecule has 112 valence electrons. The second-order valence-electron chi connectivity index (χ2n) is 4.97. The van der Waals surface area contributed by atoms with Crippen molar-refractivity contribution in [2.75, 3.05) is 11.9 Å². The smallest absolute Gasteiger partial charge is 0.404 e. The van der Waals surface area contributed by atoms with Gasteiger partial charge in [0.15, 0.2) is 5.75 Å². The molecule has 0 saturated heterocycles. The predicted molar refractivity (Wildman–Crippen MR) is 72.7 cm³/mol. The van der Waals surface area contributed by atoms with Crippen LogP contribution >= 0.6 is 15.9 Å². The standard InChI is InChI=1S/C13H15BrF3NO2/c14-9-3-4-10(11(7-9)20-13(15,16)17)18-8-12(19)5-1-2-6-12/h3-4,7,18-19H,1-2,5-6,8H2. The molecule has 1 aliphatic carbocycles. The molecule has 1 aromatic carbocycles. The molecule has 7 heteroatoms. The highest BCUT2D eigenvalue weighted by Gasteiger charge is 2.33. The summed E-state index contributed by atoms with van der Waals surface area (Å²) in [4.78, 5) is 0. The number of ether oxygens (including phenoxy) is 1. The third kappa shape index (κ3) is 4.28. The van der Waals surface area contributed by atoms with Gasteiger partial charge in [0, 0.05) is 11.0 Å². The Labute approximate surface area is 123 Å². The van der Waals surface area contributed by atoms with Crippen LogP contribution in [0.4, 0.5) is 18.9 Å². The number of anilines is 1. The molecule has 1 fully saturated rings. The van der Waals surface area contributed by atoms with Gasteiger partial charge in [-0.2, -0.15) is 0 Å².